The van der Waals surface area contributed by atoms with Gasteiger partial charge in [0.2, 0.25) is 10.0 Å². The highest BCUT2D eigenvalue weighted by atomic mass is 35.5. The van der Waals surface area contributed by atoms with E-state index in [4.69, 9.17) is 17.3 Å². The summed E-state index contributed by atoms with van der Waals surface area (Å²) in [6, 6.07) is 4.47. The SMILES string of the molecule is Nc1cc(Cl)ccc1S(=O)(=O)NC1CCCCCC1. The van der Waals surface area contributed by atoms with E-state index in [1.165, 1.54) is 25.0 Å². The molecule has 3 N–H and O–H groups in total. The Balaban J connectivity index is 2.17. The largest absolute Gasteiger partial charge is 0.398 e. The average molecular weight is 303 g/mol. The number of nitrogens with one attached hydrogen (secondary N) is 1. The molecule has 19 heavy (non-hydrogen) atoms. The Kier molecular flexibility index (Phi) is 4.71. The first-order valence-corrected chi connectivity index (χ1v) is 8.42. The van der Waals surface area contributed by atoms with Gasteiger partial charge in [-0.2, -0.15) is 0 Å². The summed E-state index contributed by atoms with van der Waals surface area (Å²) in [5, 5.41) is 0.436. The monoisotopic (exact) mass is 302 g/mol. The number of halogens is 1. The molecule has 1 aliphatic rings. The summed E-state index contributed by atoms with van der Waals surface area (Å²) in [7, 11) is -3.56. The van der Waals surface area contributed by atoms with Crippen LogP contribution in [0.3, 0.4) is 0 Å². The number of sulfonamides is 1. The van der Waals surface area contributed by atoms with Crippen LogP contribution in [0.25, 0.3) is 0 Å². The molecule has 1 aromatic carbocycles. The highest BCUT2D eigenvalue weighted by Gasteiger charge is 2.22. The van der Waals surface area contributed by atoms with Gasteiger partial charge in [0.25, 0.3) is 0 Å². The van der Waals surface area contributed by atoms with Crippen molar-refractivity contribution >= 4 is 27.3 Å². The summed E-state index contributed by atoms with van der Waals surface area (Å²) in [4.78, 5) is 0.112. The van der Waals surface area contributed by atoms with Crippen LogP contribution in [0.1, 0.15) is 38.5 Å². The Hall–Kier alpha value is -0.780. The van der Waals surface area contributed by atoms with Crippen LogP contribution in [0.15, 0.2) is 23.1 Å². The Labute approximate surface area is 119 Å². The minimum absolute atomic E-state index is 0.0163. The molecule has 2 rings (SSSR count). The van der Waals surface area contributed by atoms with Crippen molar-refractivity contribution in [1.82, 2.24) is 4.72 Å². The van der Waals surface area contributed by atoms with Crippen molar-refractivity contribution in [3.63, 3.8) is 0 Å². The lowest BCUT2D eigenvalue weighted by molar-refractivity contribution is 0.510. The van der Waals surface area contributed by atoms with E-state index in [2.05, 4.69) is 4.72 Å². The first-order valence-electron chi connectivity index (χ1n) is 6.56. The van der Waals surface area contributed by atoms with Gasteiger partial charge >= 0.3 is 0 Å². The second-order valence-corrected chi connectivity index (χ2v) is 7.11. The maximum atomic E-state index is 12.3. The van der Waals surface area contributed by atoms with Crippen molar-refractivity contribution in [1.29, 1.82) is 0 Å². The zero-order chi connectivity index (χ0) is 13.9. The van der Waals surface area contributed by atoms with Gasteiger partial charge in [0.05, 0.1) is 5.69 Å². The Morgan fingerprint density at radius 1 is 1.16 bits per heavy atom. The molecule has 1 aromatic rings. The molecule has 4 nitrogen and oxygen atoms in total. The molecular weight excluding hydrogens is 284 g/mol. The summed E-state index contributed by atoms with van der Waals surface area (Å²) >= 11 is 5.79. The molecule has 106 valence electrons. The van der Waals surface area contributed by atoms with Crippen molar-refractivity contribution in [2.45, 2.75) is 49.5 Å². The van der Waals surface area contributed by atoms with E-state index >= 15 is 0 Å². The molecule has 1 aliphatic carbocycles. The van der Waals surface area contributed by atoms with E-state index in [1.807, 2.05) is 0 Å². The van der Waals surface area contributed by atoms with Gasteiger partial charge in [-0.1, -0.05) is 37.3 Å². The lowest BCUT2D eigenvalue weighted by atomic mass is 10.1. The zero-order valence-corrected chi connectivity index (χ0v) is 12.3. The predicted octanol–water partition coefficient (Wildman–Crippen LogP) is 2.92. The van der Waals surface area contributed by atoms with Crippen LogP contribution < -0.4 is 10.5 Å². The predicted molar refractivity (Wildman–Crippen MR) is 77.7 cm³/mol. The molecule has 0 unspecified atom stereocenters. The molecule has 0 amide bonds. The van der Waals surface area contributed by atoms with Crippen LogP contribution in [-0.2, 0) is 10.0 Å². The summed E-state index contributed by atoms with van der Waals surface area (Å²) in [6.45, 7) is 0. The molecule has 0 spiro atoms. The zero-order valence-electron chi connectivity index (χ0n) is 10.7. The molecule has 0 saturated heterocycles. The number of hydrogen-bond acceptors (Lipinski definition) is 3. The number of hydrogen-bond donors (Lipinski definition) is 2. The third-order valence-electron chi connectivity index (χ3n) is 3.44. The molecule has 0 aromatic heterocycles. The fraction of sp³-hybridized carbons (Fsp3) is 0.538. The van der Waals surface area contributed by atoms with E-state index in [1.54, 1.807) is 6.07 Å². The van der Waals surface area contributed by atoms with Gasteiger partial charge in [-0.05, 0) is 31.0 Å². The molecule has 0 heterocycles. The Bertz CT molecular complexity index is 538. The third kappa shape index (κ3) is 3.84. The van der Waals surface area contributed by atoms with Gasteiger partial charge in [0.15, 0.2) is 0 Å². The van der Waals surface area contributed by atoms with Crippen LogP contribution in [0, 0.1) is 0 Å². The first-order chi connectivity index (χ1) is 8.99. The van der Waals surface area contributed by atoms with Crippen LogP contribution in [-0.4, -0.2) is 14.5 Å². The number of nitrogens with two attached hydrogens (primary N) is 1. The van der Waals surface area contributed by atoms with E-state index in [0.29, 0.717) is 5.02 Å². The quantitative estimate of drug-likeness (QED) is 0.666. The van der Waals surface area contributed by atoms with E-state index in [9.17, 15) is 8.42 Å². The lowest BCUT2D eigenvalue weighted by Gasteiger charge is -2.17. The molecule has 6 heteroatoms. The lowest BCUT2D eigenvalue weighted by Crippen LogP contribution is -2.34. The second-order valence-electron chi connectivity index (χ2n) is 4.99. The van der Waals surface area contributed by atoms with E-state index in [-0.39, 0.29) is 16.6 Å². The molecule has 0 aliphatic heterocycles. The number of nitrogen functional groups attached to an aromatic ring is 1. The molecule has 1 saturated carbocycles. The summed E-state index contributed by atoms with van der Waals surface area (Å²) in [5.74, 6) is 0. The standard InChI is InChI=1S/C13H19ClN2O2S/c14-10-7-8-13(12(15)9-10)19(17,18)16-11-5-3-1-2-4-6-11/h7-9,11,16H,1-6,15H2. The van der Waals surface area contributed by atoms with Crippen molar-refractivity contribution in [3.8, 4) is 0 Å². The van der Waals surface area contributed by atoms with Gasteiger partial charge in [-0.3, -0.25) is 0 Å². The van der Waals surface area contributed by atoms with Gasteiger partial charge in [-0.15, -0.1) is 0 Å². The van der Waals surface area contributed by atoms with Gasteiger partial charge in [0.1, 0.15) is 4.90 Å². The number of benzene rings is 1. The first kappa shape index (κ1) is 14.6. The summed E-state index contributed by atoms with van der Waals surface area (Å²) < 4.78 is 27.4. The second kappa shape index (κ2) is 6.11. The van der Waals surface area contributed by atoms with Crippen LogP contribution in [0.2, 0.25) is 5.02 Å². The van der Waals surface area contributed by atoms with Crippen LogP contribution in [0.4, 0.5) is 5.69 Å². The van der Waals surface area contributed by atoms with Gasteiger partial charge in [-0.25, -0.2) is 13.1 Å². The molecule has 0 bridgehead atoms. The van der Waals surface area contributed by atoms with Crippen molar-refractivity contribution in [2.75, 3.05) is 5.73 Å². The smallest absolute Gasteiger partial charge is 0.242 e. The maximum absolute atomic E-state index is 12.3. The van der Waals surface area contributed by atoms with E-state index in [0.717, 1.165) is 25.7 Å². The Morgan fingerprint density at radius 3 is 2.37 bits per heavy atom. The minimum Gasteiger partial charge on any atom is -0.398 e. The average Bonchev–Trinajstić information content (AvgIpc) is 2.56. The molecule has 1 fully saturated rings. The van der Waals surface area contributed by atoms with Gasteiger partial charge in [0, 0.05) is 11.1 Å². The fourth-order valence-corrected chi connectivity index (χ4v) is 4.04. The third-order valence-corrected chi connectivity index (χ3v) is 5.27. The molecular formula is C13H19ClN2O2S. The molecule has 0 atom stereocenters. The topological polar surface area (TPSA) is 72.2 Å². The number of anilines is 1. The fourth-order valence-electron chi connectivity index (χ4n) is 2.44. The normalized spacial score (nSPS) is 18.2. The van der Waals surface area contributed by atoms with E-state index < -0.39 is 10.0 Å². The van der Waals surface area contributed by atoms with Crippen molar-refractivity contribution in [3.05, 3.63) is 23.2 Å². The van der Waals surface area contributed by atoms with Gasteiger partial charge < -0.3 is 5.73 Å². The summed E-state index contributed by atoms with van der Waals surface area (Å²) in [5.41, 5.74) is 5.93. The maximum Gasteiger partial charge on any atom is 0.242 e. The molecule has 0 radical (unpaired) electrons. The number of rotatable bonds is 3. The Morgan fingerprint density at radius 2 is 1.79 bits per heavy atom. The highest BCUT2D eigenvalue weighted by molar-refractivity contribution is 7.89. The van der Waals surface area contributed by atoms with Crippen LogP contribution >= 0.6 is 11.6 Å². The highest BCUT2D eigenvalue weighted by Crippen LogP contribution is 2.24. The minimum atomic E-state index is -3.56. The van der Waals surface area contributed by atoms with Crippen molar-refractivity contribution in [2.24, 2.45) is 0 Å². The summed E-state index contributed by atoms with van der Waals surface area (Å²) in [6.07, 6.45) is 6.30. The van der Waals surface area contributed by atoms with Crippen molar-refractivity contribution < 1.29 is 8.42 Å². The van der Waals surface area contributed by atoms with Crippen LogP contribution in [0.5, 0.6) is 0 Å².